The zero-order valence-corrected chi connectivity index (χ0v) is 16.5. The van der Waals surface area contributed by atoms with Crippen molar-refractivity contribution in [1.82, 2.24) is 4.31 Å². The monoisotopic (exact) mass is 427 g/mol. The van der Waals surface area contributed by atoms with Crippen molar-refractivity contribution in [2.45, 2.75) is 23.9 Å². The van der Waals surface area contributed by atoms with Gasteiger partial charge in [0.15, 0.2) is 5.78 Å². The number of hydrogen-bond donors (Lipinski definition) is 0. The number of ketones is 1. The predicted octanol–water partition coefficient (Wildman–Crippen LogP) is 4.00. The van der Waals surface area contributed by atoms with Gasteiger partial charge in [-0.3, -0.25) is 4.79 Å². The second-order valence-corrected chi connectivity index (χ2v) is 8.67. The average molecular weight is 427 g/mol. The van der Waals surface area contributed by atoms with Crippen molar-refractivity contribution in [3.8, 4) is 5.75 Å². The quantitative estimate of drug-likeness (QED) is 0.677. The van der Waals surface area contributed by atoms with E-state index in [1.54, 1.807) is 24.3 Å². The first-order valence-corrected chi connectivity index (χ1v) is 10.4. The van der Waals surface area contributed by atoms with Crippen LogP contribution in [0.3, 0.4) is 0 Å². The number of benzene rings is 2. The lowest BCUT2D eigenvalue weighted by atomic mass is 9.89. The van der Waals surface area contributed by atoms with Crippen LogP contribution in [0.1, 0.15) is 28.8 Å². The number of halogens is 3. The molecular weight excluding hydrogens is 407 g/mol. The van der Waals surface area contributed by atoms with E-state index < -0.39 is 26.7 Å². The Balaban J connectivity index is 1.74. The Labute approximate surface area is 167 Å². The Hall–Kier alpha value is -2.39. The fourth-order valence-electron chi connectivity index (χ4n) is 3.41. The van der Waals surface area contributed by atoms with Crippen LogP contribution in [0, 0.1) is 5.92 Å². The standard InChI is InChI=1S/C20H20F3NO4S/c1-28-16-8-6-14(7-9-16)19(25)15-10-12-24(13-11-15)29(26,27)18-5-3-2-4-17(18)20(21,22)23/h2-9,15H,10-13H2,1H3. The number of nitrogens with zero attached hydrogens (tertiary/aromatic N) is 1. The molecule has 0 atom stereocenters. The lowest BCUT2D eigenvalue weighted by Crippen LogP contribution is -2.40. The van der Waals surface area contributed by atoms with Gasteiger partial charge in [-0.05, 0) is 49.2 Å². The highest BCUT2D eigenvalue weighted by atomic mass is 32.2. The number of rotatable bonds is 5. The molecule has 0 radical (unpaired) electrons. The maximum atomic E-state index is 13.2. The zero-order valence-electron chi connectivity index (χ0n) is 15.6. The first-order chi connectivity index (χ1) is 13.6. The van der Waals surface area contributed by atoms with Crippen molar-refractivity contribution < 1.29 is 31.1 Å². The van der Waals surface area contributed by atoms with Crippen LogP contribution in [0.15, 0.2) is 53.4 Å². The van der Waals surface area contributed by atoms with E-state index >= 15 is 0 Å². The minimum Gasteiger partial charge on any atom is -0.497 e. The molecule has 3 rings (SSSR count). The molecule has 29 heavy (non-hydrogen) atoms. The summed E-state index contributed by atoms with van der Waals surface area (Å²) in [6, 6.07) is 10.8. The van der Waals surface area contributed by atoms with Crippen LogP contribution >= 0.6 is 0 Å². The molecule has 0 spiro atoms. The van der Waals surface area contributed by atoms with Crippen LogP contribution in [0.4, 0.5) is 13.2 Å². The summed E-state index contributed by atoms with van der Waals surface area (Å²) in [4.78, 5) is 11.9. The molecule has 1 saturated heterocycles. The summed E-state index contributed by atoms with van der Waals surface area (Å²) in [7, 11) is -2.80. The Morgan fingerprint density at radius 2 is 1.62 bits per heavy atom. The third-order valence-electron chi connectivity index (χ3n) is 5.01. The molecule has 0 saturated carbocycles. The van der Waals surface area contributed by atoms with Gasteiger partial charge in [-0.15, -0.1) is 0 Å². The molecule has 1 heterocycles. The van der Waals surface area contributed by atoms with Crippen molar-refractivity contribution >= 4 is 15.8 Å². The van der Waals surface area contributed by atoms with E-state index in [0.717, 1.165) is 22.5 Å². The van der Waals surface area contributed by atoms with E-state index in [9.17, 15) is 26.4 Å². The number of methoxy groups -OCH3 is 1. The van der Waals surface area contributed by atoms with E-state index in [0.29, 0.717) is 11.3 Å². The largest absolute Gasteiger partial charge is 0.497 e. The Morgan fingerprint density at radius 1 is 1.03 bits per heavy atom. The lowest BCUT2D eigenvalue weighted by Gasteiger charge is -2.31. The molecule has 5 nitrogen and oxygen atoms in total. The molecule has 1 aliphatic rings. The van der Waals surface area contributed by atoms with Crippen molar-refractivity contribution in [3.05, 3.63) is 59.7 Å². The predicted molar refractivity (Wildman–Crippen MR) is 100 cm³/mol. The average Bonchev–Trinajstić information content (AvgIpc) is 2.73. The van der Waals surface area contributed by atoms with E-state index in [1.807, 2.05) is 0 Å². The molecular formula is C20H20F3NO4S. The highest BCUT2D eigenvalue weighted by Gasteiger charge is 2.40. The van der Waals surface area contributed by atoms with Gasteiger partial charge in [-0.1, -0.05) is 12.1 Å². The van der Waals surface area contributed by atoms with Crippen molar-refractivity contribution in [2.24, 2.45) is 5.92 Å². The van der Waals surface area contributed by atoms with Gasteiger partial charge < -0.3 is 4.74 Å². The van der Waals surface area contributed by atoms with Gasteiger partial charge in [0, 0.05) is 24.6 Å². The molecule has 0 amide bonds. The molecule has 0 unspecified atom stereocenters. The van der Waals surface area contributed by atoms with Gasteiger partial charge in [-0.25, -0.2) is 8.42 Å². The highest BCUT2D eigenvalue weighted by Crippen LogP contribution is 2.36. The fraction of sp³-hybridized carbons (Fsp3) is 0.350. The van der Waals surface area contributed by atoms with E-state index in [2.05, 4.69) is 0 Å². The molecule has 9 heteroatoms. The summed E-state index contributed by atoms with van der Waals surface area (Å²) in [5, 5.41) is 0. The van der Waals surface area contributed by atoms with Crippen LogP contribution in [0.5, 0.6) is 5.75 Å². The van der Waals surface area contributed by atoms with Crippen LogP contribution in [-0.4, -0.2) is 38.7 Å². The maximum Gasteiger partial charge on any atom is 0.417 e. The minimum atomic E-state index is -4.77. The van der Waals surface area contributed by atoms with Gasteiger partial charge in [0.25, 0.3) is 0 Å². The summed E-state index contributed by atoms with van der Waals surface area (Å²) in [6.45, 7) is -0.0256. The molecule has 2 aromatic carbocycles. The normalized spacial score (nSPS) is 16.6. The van der Waals surface area contributed by atoms with Gasteiger partial charge in [0.1, 0.15) is 5.75 Å². The highest BCUT2D eigenvalue weighted by molar-refractivity contribution is 7.89. The zero-order chi connectivity index (χ0) is 21.2. The van der Waals surface area contributed by atoms with Gasteiger partial charge in [0.05, 0.1) is 17.6 Å². The van der Waals surface area contributed by atoms with Gasteiger partial charge in [0.2, 0.25) is 10.0 Å². The van der Waals surface area contributed by atoms with E-state index in [1.165, 1.54) is 13.2 Å². The SMILES string of the molecule is COc1ccc(C(=O)C2CCN(S(=O)(=O)c3ccccc3C(F)(F)F)CC2)cc1. The Morgan fingerprint density at radius 3 is 2.17 bits per heavy atom. The topological polar surface area (TPSA) is 63.7 Å². The van der Waals surface area contributed by atoms with E-state index in [-0.39, 0.29) is 37.6 Å². The van der Waals surface area contributed by atoms with Gasteiger partial charge >= 0.3 is 6.18 Å². The second kappa shape index (κ2) is 8.16. The first kappa shape index (κ1) is 21.3. The number of ether oxygens (including phenoxy) is 1. The van der Waals surface area contributed by atoms with Crippen molar-refractivity contribution in [3.63, 3.8) is 0 Å². The number of Topliss-reactive ketones (excluding diaryl/α,β-unsaturated/α-hetero) is 1. The summed E-state index contributed by atoms with van der Waals surface area (Å²) < 4.78 is 71.3. The third-order valence-corrected chi connectivity index (χ3v) is 6.97. The summed E-state index contributed by atoms with van der Waals surface area (Å²) in [5.74, 6) is 0.124. The molecule has 0 bridgehead atoms. The van der Waals surface area contributed by atoms with Crippen LogP contribution in [0.25, 0.3) is 0 Å². The van der Waals surface area contributed by atoms with Crippen LogP contribution in [-0.2, 0) is 16.2 Å². The fourth-order valence-corrected chi connectivity index (χ4v) is 5.10. The molecule has 2 aromatic rings. The number of sulfonamides is 1. The number of carbonyl (C=O) groups is 1. The number of hydrogen-bond acceptors (Lipinski definition) is 4. The molecule has 0 aromatic heterocycles. The molecule has 1 aliphatic heterocycles. The third kappa shape index (κ3) is 4.45. The first-order valence-electron chi connectivity index (χ1n) is 8.99. The van der Waals surface area contributed by atoms with Gasteiger partial charge in [-0.2, -0.15) is 17.5 Å². The summed E-state index contributed by atoms with van der Waals surface area (Å²) in [5.41, 5.74) is -0.689. The molecule has 1 fully saturated rings. The van der Waals surface area contributed by atoms with Crippen molar-refractivity contribution in [1.29, 1.82) is 0 Å². The maximum absolute atomic E-state index is 13.2. The molecule has 0 N–H and O–H groups in total. The Kier molecular flexibility index (Phi) is 6.00. The van der Waals surface area contributed by atoms with E-state index in [4.69, 9.17) is 4.74 Å². The smallest absolute Gasteiger partial charge is 0.417 e. The number of alkyl halides is 3. The molecule has 0 aliphatic carbocycles. The lowest BCUT2D eigenvalue weighted by molar-refractivity contribution is -0.139. The summed E-state index contributed by atoms with van der Waals surface area (Å²) in [6.07, 6.45) is -4.27. The summed E-state index contributed by atoms with van der Waals surface area (Å²) >= 11 is 0. The second-order valence-electron chi connectivity index (χ2n) is 6.77. The van der Waals surface area contributed by atoms with Crippen molar-refractivity contribution in [2.75, 3.05) is 20.2 Å². The van der Waals surface area contributed by atoms with Crippen LogP contribution < -0.4 is 4.74 Å². The number of piperidine rings is 1. The Bertz CT molecular complexity index is 980. The minimum absolute atomic E-state index is 0.0128. The van der Waals surface area contributed by atoms with Crippen LogP contribution in [0.2, 0.25) is 0 Å². The number of carbonyl (C=O) groups excluding carboxylic acids is 1. The molecule has 156 valence electrons.